The van der Waals surface area contributed by atoms with Crippen molar-refractivity contribution in [2.45, 2.75) is 0 Å². The van der Waals surface area contributed by atoms with E-state index in [-0.39, 0.29) is 0 Å². The SMILES string of the molecule is c1ccc(-c2ccc3ccc4c(-c5cccc(-n6c7ccccc7c7ccc8sc9ccccc9c8c76)c5)ccc5ccc2c3c54)cc1. The quantitative estimate of drug-likeness (QED) is 0.172. The predicted molar refractivity (Wildman–Crippen MR) is 208 cm³/mol. The summed E-state index contributed by atoms with van der Waals surface area (Å²) in [6, 6.07) is 60.7. The topological polar surface area (TPSA) is 4.93 Å². The average Bonchev–Trinajstić information content (AvgIpc) is 3.70. The van der Waals surface area contributed by atoms with E-state index in [1.807, 2.05) is 11.3 Å². The molecular weight excluding hydrogens is 599 g/mol. The van der Waals surface area contributed by atoms with Crippen molar-refractivity contribution in [3.63, 3.8) is 0 Å². The van der Waals surface area contributed by atoms with Crippen molar-refractivity contribution < 1.29 is 0 Å². The van der Waals surface area contributed by atoms with Gasteiger partial charge >= 0.3 is 0 Å². The molecule has 0 amide bonds. The Hall–Kier alpha value is -5.96. The summed E-state index contributed by atoms with van der Waals surface area (Å²) in [6.45, 7) is 0. The second kappa shape index (κ2) is 9.78. The van der Waals surface area contributed by atoms with Gasteiger partial charge in [0.05, 0.1) is 11.0 Å². The Morgan fingerprint density at radius 3 is 1.79 bits per heavy atom. The number of aromatic nitrogens is 1. The van der Waals surface area contributed by atoms with Gasteiger partial charge in [0.2, 0.25) is 0 Å². The van der Waals surface area contributed by atoms with Gasteiger partial charge in [-0.2, -0.15) is 0 Å². The number of rotatable bonds is 3. The van der Waals surface area contributed by atoms with Crippen LogP contribution in [0.4, 0.5) is 0 Å². The van der Waals surface area contributed by atoms with Gasteiger partial charge in [0.25, 0.3) is 0 Å². The summed E-state index contributed by atoms with van der Waals surface area (Å²) in [4.78, 5) is 0. The van der Waals surface area contributed by atoms with Gasteiger partial charge in [-0.05, 0) is 84.9 Å². The number of benzene rings is 9. The minimum Gasteiger partial charge on any atom is -0.309 e. The fraction of sp³-hybridized carbons (Fsp3) is 0. The summed E-state index contributed by atoms with van der Waals surface area (Å²) in [7, 11) is 0. The molecule has 2 aromatic heterocycles. The fourth-order valence-electron chi connectivity index (χ4n) is 8.27. The van der Waals surface area contributed by atoms with Gasteiger partial charge in [-0.25, -0.2) is 0 Å². The van der Waals surface area contributed by atoms with Crippen molar-refractivity contribution in [1.29, 1.82) is 0 Å². The monoisotopic (exact) mass is 625 g/mol. The van der Waals surface area contributed by atoms with E-state index in [0.29, 0.717) is 0 Å². The van der Waals surface area contributed by atoms with E-state index in [1.165, 1.54) is 102 Å². The molecule has 0 radical (unpaired) electrons. The van der Waals surface area contributed by atoms with Gasteiger partial charge in [0, 0.05) is 36.6 Å². The maximum absolute atomic E-state index is 2.50. The van der Waals surface area contributed by atoms with E-state index < -0.39 is 0 Å². The smallest absolute Gasteiger partial charge is 0.0634 e. The summed E-state index contributed by atoms with van der Waals surface area (Å²) in [5.41, 5.74) is 8.71. The van der Waals surface area contributed by atoms with Gasteiger partial charge in [-0.3, -0.25) is 0 Å². The molecule has 0 atom stereocenters. The van der Waals surface area contributed by atoms with Crippen LogP contribution in [0.15, 0.2) is 164 Å². The minimum absolute atomic E-state index is 1.18. The third kappa shape index (κ3) is 3.55. The molecule has 0 spiro atoms. The third-order valence-electron chi connectivity index (χ3n) is 10.3. The first kappa shape index (κ1) is 26.1. The van der Waals surface area contributed by atoms with Gasteiger partial charge < -0.3 is 4.57 Å². The van der Waals surface area contributed by atoms with Crippen molar-refractivity contribution in [3.05, 3.63) is 164 Å². The van der Waals surface area contributed by atoms with Crippen LogP contribution in [-0.2, 0) is 0 Å². The van der Waals surface area contributed by atoms with Gasteiger partial charge in [-0.15, -0.1) is 11.3 Å². The summed E-state index contributed by atoms with van der Waals surface area (Å²) in [5, 5.41) is 13.1. The van der Waals surface area contributed by atoms with E-state index in [1.54, 1.807) is 0 Å². The van der Waals surface area contributed by atoms with Gasteiger partial charge in [0.15, 0.2) is 0 Å². The Bertz CT molecular complexity index is 3050. The molecule has 48 heavy (non-hydrogen) atoms. The molecule has 0 fully saturated rings. The highest BCUT2D eigenvalue weighted by molar-refractivity contribution is 7.26. The Labute approximate surface area is 280 Å². The summed E-state index contributed by atoms with van der Waals surface area (Å²) >= 11 is 1.88. The molecule has 0 saturated heterocycles. The molecule has 0 bridgehead atoms. The molecule has 1 nitrogen and oxygen atoms in total. The molecule has 222 valence electrons. The maximum atomic E-state index is 2.50. The largest absolute Gasteiger partial charge is 0.309 e. The van der Waals surface area contributed by atoms with Crippen LogP contribution >= 0.6 is 11.3 Å². The molecular formula is C46H27NS. The van der Waals surface area contributed by atoms with Crippen molar-refractivity contribution in [1.82, 2.24) is 4.57 Å². The Kier molecular flexibility index (Phi) is 5.32. The van der Waals surface area contributed by atoms with Crippen LogP contribution in [0.1, 0.15) is 0 Å². The maximum Gasteiger partial charge on any atom is 0.0634 e. The second-order valence-electron chi connectivity index (χ2n) is 12.9. The molecule has 0 N–H and O–H groups in total. The summed E-state index contributed by atoms with van der Waals surface area (Å²) in [5.74, 6) is 0. The van der Waals surface area contributed by atoms with Crippen LogP contribution in [0.2, 0.25) is 0 Å². The van der Waals surface area contributed by atoms with Crippen molar-refractivity contribution in [3.8, 4) is 27.9 Å². The van der Waals surface area contributed by atoms with Gasteiger partial charge in [-0.1, -0.05) is 133 Å². The van der Waals surface area contributed by atoms with Crippen molar-refractivity contribution in [2.75, 3.05) is 0 Å². The van der Waals surface area contributed by atoms with E-state index >= 15 is 0 Å². The van der Waals surface area contributed by atoms with Crippen LogP contribution in [0.3, 0.4) is 0 Å². The lowest BCUT2D eigenvalue weighted by molar-refractivity contribution is 1.19. The molecule has 11 aromatic rings. The standard InChI is InChI=1S/C46H27NS/c1-2-9-28(10-3-1)33-21-17-29-20-24-37-34(22-18-30-19-23-36(33)43(29)44(30)37)31-11-8-12-32(27-31)47-40-15-6-4-13-35(40)38-25-26-42-45(46(38)47)39-14-5-7-16-41(39)48-42/h1-27H. The van der Waals surface area contributed by atoms with E-state index in [0.717, 1.165) is 0 Å². The molecule has 0 unspecified atom stereocenters. The predicted octanol–water partition coefficient (Wildman–Crippen LogP) is 13.4. The zero-order valence-corrected chi connectivity index (χ0v) is 26.8. The molecule has 2 heteroatoms. The number of nitrogens with zero attached hydrogens (tertiary/aromatic N) is 1. The number of thiophene rings is 1. The number of hydrogen-bond donors (Lipinski definition) is 0. The third-order valence-corrected chi connectivity index (χ3v) is 11.5. The molecule has 11 rings (SSSR count). The highest BCUT2D eigenvalue weighted by Gasteiger charge is 2.19. The first-order valence-corrected chi connectivity index (χ1v) is 17.3. The van der Waals surface area contributed by atoms with Crippen LogP contribution in [0, 0.1) is 0 Å². The lowest BCUT2D eigenvalue weighted by atomic mass is 9.87. The lowest BCUT2D eigenvalue weighted by Crippen LogP contribution is -1.95. The van der Waals surface area contributed by atoms with Crippen molar-refractivity contribution in [2.24, 2.45) is 0 Å². The average molecular weight is 626 g/mol. The zero-order valence-electron chi connectivity index (χ0n) is 25.9. The minimum atomic E-state index is 1.18. The van der Waals surface area contributed by atoms with Crippen molar-refractivity contribution >= 4 is 85.6 Å². The Balaban J connectivity index is 1.19. The normalized spacial score (nSPS) is 12.2. The summed E-state index contributed by atoms with van der Waals surface area (Å²) < 4.78 is 5.15. The second-order valence-corrected chi connectivity index (χ2v) is 13.9. The molecule has 9 aromatic carbocycles. The van der Waals surface area contributed by atoms with Crippen LogP contribution in [0.25, 0.3) is 102 Å². The number of hydrogen-bond acceptors (Lipinski definition) is 1. The van der Waals surface area contributed by atoms with E-state index in [9.17, 15) is 0 Å². The van der Waals surface area contributed by atoms with Crippen LogP contribution in [-0.4, -0.2) is 4.57 Å². The number of para-hydroxylation sites is 1. The fourth-order valence-corrected chi connectivity index (χ4v) is 9.38. The van der Waals surface area contributed by atoms with E-state index in [4.69, 9.17) is 0 Å². The van der Waals surface area contributed by atoms with Crippen LogP contribution < -0.4 is 0 Å². The Morgan fingerprint density at radius 2 is 1.00 bits per heavy atom. The van der Waals surface area contributed by atoms with Gasteiger partial charge in [0.1, 0.15) is 0 Å². The molecule has 0 aliphatic rings. The zero-order chi connectivity index (χ0) is 31.3. The highest BCUT2D eigenvalue weighted by Crippen LogP contribution is 2.45. The lowest BCUT2D eigenvalue weighted by Gasteiger charge is -2.17. The molecule has 0 aliphatic heterocycles. The highest BCUT2D eigenvalue weighted by atomic mass is 32.1. The number of fused-ring (bicyclic) bond motifs is 7. The Morgan fingerprint density at radius 1 is 0.375 bits per heavy atom. The molecule has 0 saturated carbocycles. The first-order valence-electron chi connectivity index (χ1n) is 16.5. The van der Waals surface area contributed by atoms with Crippen LogP contribution in [0.5, 0.6) is 0 Å². The summed E-state index contributed by atoms with van der Waals surface area (Å²) in [6.07, 6.45) is 0. The molecule has 0 aliphatic carbocycles. The first-order chi connectivity index (χ1) is 23.8. The molecule has 2 heterocycles. The van der Waals surface area contributed by atoms with E-state index in [2.05, 4.69) is 168 Å².